The molecule has 0 saturated heterocycles. The molecule has 0 N–H and O–H groups in total. The Morgan fingerprint density at radius 1 is 1.30 bits per heavy atom. The van der Waals surface area contributed by atoms with Crippen LogP contribution in [0, 0.1) is 0 Å². The van der Waals surface area contributed by atoms with Crippen LogP contribution in [0.15, 0.2) is 35.5 Å². The molecule has 1 unspecified atom stereocenters. The molecule has 0 saturated carbocycles. The predicted octanol–water partition coefficient (Wildman–Crippen LogP) is 2.80. The van der Waals surface area contributed by atoms with Gasteiger partial charge >= 0.3 is 0 Å². The van der Waals surface area contributed by atoms with Gasteiger partial charge < -0.3 is 0 Å². The Bertz CT molecular complexity index is 743. The summed E-state index contributed by atoms with van der Waals surface area (Å²) in [5.74, 6) is 0.748. The van der Waals surface area contributed by atoms with Gasteiger partial charge in [0.05, 0.1) is 10.8 Å². The summed E-state index contributed by atoms with van der Waals surface area (Å²) in [4.78, 5) is 0. The first-order chi connectivity index (χ1) is 9.72. The van der Waals surface area contributed by atoms with Crippen LogP contribution in [0.4, 0.5) is 0 Å². The zero-order valence-corrected chi connectivity index (χ0v) is 12.2. The van der Waals surface area contributed by atoms with Crippen LogP contribution >= 0.6 is 0 Å². The van der Waals surface area contributed by atoms with Gasteiger partial charge in [-0.3, -0.25) is 8.78 Å². The maximum atomic E-state index is 11.8. The first-order valence-corrected chi connectivity index (χ1v) is 8.04. The van der Waals surface area contributed by atoms with E-state index in [0.29, 0.717) is 5.16 Å². The van der Waals surface area contributed by atoms with E-state index in [4.69, 9.17) is 0 Å². The Balaban J connectivity index is 2.30. The third-order valence-electron chi connectivity index (χ3n) is 3.22. The summed E-state index contributed by atoms with van der Waals surface area (Å²) in [7, 11) is -1.17. The number of benzene rings is 1. The maximum Gasteiger partial charge on any atom is 0.225 e. The van der Waals surface area contributed by atoms with Gasteiger partial charge in [-0.1, -0.05) is 37.3 Å². The standard InChI is InChI=1S/C15H15N3OS/c1-3-6-13-12-8-5-4-7-11(12)9-10-18-14(13)16-17-15(18)20(2)19/h4-10H,3H2,1-2H3. The largest absolute Gasteiger partial charge is 0.275 e. The normalized spacial score (nSPS) is 16.6. The quantitative estimate of drug-likeness (QED) is 0.727. The second-order valence-electron chi connectivity index (χ2n) is 4.56. The number of hydrogen-bond donors (Lipinski definition) is 0. The third-order valence-corrected chi connectivity index (χ3v) is 4.02. The molecule has 0 amide bonds. The highest BCUT2D eigenvalue weighted by Crippen LogP contribution is 2.30. The summed E-state index contributed by atoms with van der Waals surface area (Å²) in [6, 6.07) is 8.17. The summed E-state index contributed by atoms with van der Waals surface area (Å²) < 4.78 is 13.6. The molecule has 1 aromatic heterocycles. The van der Waals surface area contributed by atoms with Gasteiger partial charge in [0.25, 0.3) is 0 Å². The van der Waals surface area contributed by atoms with E-state index in [1.165, 1.54) is 0 Å². The van der Waals surface area contributed by atoms with Crippen molar-refractivity contribution in [3.8, 4) is 0 Å². The molecular formula is C15H15N3OS. The second-order valence-corrected chi connectivity index (χ2v) is 5.83. The van der Waals surface area contributed by atoms with E-state index in [0.717, 1.165) is 28.9 Å². The lowest BCUT2D eigenvalue weighted by Crippen LogP contribution is -2.01. The molecule has 0 radical (unpaired) electrons. The fourth-order valence-corrected chi connectivity index (χ4v) is 2.94. The molecule has 4 nitrogen and oxygen atoms in total. The number of rotatable bonds is 2. The van der Waals surface area contributed by atoms with Crippen LogP contribution in [0.3, 0.4) is 0 Å². The average molecular weight is 285 g/mol. The van der Waals surface area contributed by atoms with E-state index in [9.17, 15) is 4.21 Å². The predicted molar refractivity (Wildman–Crippen MR) is 81.4 cm³/mol. The van der Waals surface area contributed by atoms with Gasteiger partial charge in [-0.15, -0.1) is 10.2 Å². The molecule has 102 valence electrons. The van der Waals surface area contributed by atoms with Gasteiger partial charge in [0.1, 0.15) is 0 Å². The molecule has 0 spiro atoms. The first kappa shape index (κ1) is 13.0. The lowest BCUT2D eigenvalue weighted by Gasteiger charge is -2.07. The van der Waals surface area contributed by atoms with Crippen molar-refractivity contribution < 1.29 is 4.21 Å². The smallest absolute Gasteiger partial charge is 0.225 e. The van der Waals surface area contributed by atoms with Crippen LogP contribution in [0.2, 0.25) is 0 Å². The Hall–Kier alpha value is -2.01. The van der Waals surface area contributed by atoms with Crippen molar-refractivity contribution in [1.29, 1.82) is 0 Å². The fraction of sp³-hybridized carbons (Fsp3) is 0.200. The van der Waals surface area contributed by atoms with E-state index < -0.39 is 10.8 Å². The monoisotopic (exact) mass is 285 g/mol. The number of fused-ring (bicyclic) bond motifs is 2. The first-order valence-electron chi connectivity index (χ1n) is 6.49. The van der Waals surface area contributed by atoms with Gasteiger partial charge in [0.15, 0.2) is 5.82 Å². The van der Waals surface area contributed by atoms with Crippen LogP contribution < -0.4 is 0 Å². The molecule has 0 bridgehead atoms. The number of hydrogen-bond acceptors (Lipinski definition) is 3. The van der Waals surface area contributed by atoms with Crippen molar-refractivity contribution in [2.75, 3.05) is 6.26 Å². The average Bonchev–Trinajstić information content (AvgIpc) is 2.80. The lowest BCUT2D eigenvalue weighted by atomic mass is 9.99. The molecule has 2 heterocycles. The molecule has 5 heteroatoms. The van der Waals surface area contributed by atoms with Crippen molar-refractivity contribution in [2.24, 2.45) is 0 Å². The minimum Gasteiger partial charge on any atom is -0.275 e. The molecule has 3 rings (SSSR count). The number of allylic oxidation sites excluding steroid dienone is 1. The molecule has 1 aromatic carbocycles. The van der Waals surface area contributed by atoms with Crippen LogP contribution in [-0.2, 0) is 10.8 Å². The van der Waals surface area contributed by atoms with Gasteiger partial charge in [-0.2, -0.15) is 0 Å². The van der Waals surface area contributed by atoms with E-state index in [2.05, 4.69) is 35.3 Å². The van der Waals surface area contributed by atoms with E-state index in [1.807, 2.05) is 29.0 Å². The molecular weight excluding hydrogens is 270 g/mol. The second kappa shape index (κ2) is 5.17. The maximum absolute atomic E-state index is 11.8. The Morgan fingerprint density at radius 2 is 2.10 bits per heavy atom. The molecule has 1 aliphatic rings. The number of aromatic nitrogens is 3. The highest BCUT2D eigenvalue weighted by Gasteiger charge is 2.20. The summed E-state index contributed by atoms with van der Waals surface area (Å²) in [6.45, 7) is 2.09. The van der Waals surface area contributed by atoms with Crippen molar-refractivity contribution in [3.05, 3.63) is 47.3 Å². The van der Waals surface area contributed by atoms with Gasteiger partial charge in [0.2, 0.25) is 5.16 Å². The molecule has 0 fully saturated rings. The molecule has 20 heavy (non-hydrogen) atoms. The van der Waals surface area contributed by atoms with E-state index >= 15 is 0 Å². The van der Waals surface area contributed by atoms with Gasteiger partial charge in [-0.05, 0) is 23.6 Å². The molecule has 2 aromatic rings. The highest BCUT2D eigenvalue weighted by atomic mass is 32.2. The molecule has 1 aliphatic heterocycles. The summed E-state index contributed by atoms with van der Waals surface area (Å²) in [6.07, 6.45) is 8.55. The summed E-state index contributed by atoms with van der Waals surface area (Å²) >= 11 is 0. The summed E-state index contributed by atoms with van der Waals surface area (Å²) in [5.41, 5.74) is 3.30. The number of nitrogens with zero attached hydrogens (tertiary/aromatic N) is 3. The minimum atomic E-state index is -1.17. The molecule has 0 aliphatic carbocycles. The Morgan fingerprint density at radius 3 is 2.85 bits per heavy atom. The van der Waals surface area contributed by atoms with Gasteiger partial charge in [-0.25, -0.2) is 0 Å². The van der Waals surface area contributed by atoms with Crippen LogP contribution in [-0.4, -0.2) is 25.2 Å². The van der Waals surface area contributed by atoms with Crippen molar-refractivity contribution >= 4 is 28.6 Å². The van der Waals surface area contributed by atoms with E-state index in [-0.39, 0.29) is 0 Å². The van der Waals surface area contributed by atoms with Gasteiger partial charge in [0, 0.05) is 18.0 Å². The lowest BCUT2D eigenvalue weighted by molar-refractivity contribution is 0.677. The van der Waals surface area contributed by atoms with Crippen molar-refractivity contribution in [1.82, 2.24) is 14.8 Å². The highest BCUT2D eigenvalue weighted by molar-refractivity contribution is 7.84. The Labute approximate surface area is 120 Å². The molecule has 1 atom stereocenters. The Kier molecular flexibility index (Phi) is 3.36. The van der Waals surface area contributed by atoms with Crippen molar-refractivity contribution in [2.45, 2.75) is 18.5 Å². The third kappa shape index (κ3) is 2.04. The zero-order valence-electron chi connectivity index (χ0n) is 11.4. The fourth-order valence-electron chi connectivity index (χ4n) is 2.36. The zero-order chi connectivity index (χ0) is 14.1. The SMILES string of the molecule is CCC=C1c2ccccc2C=Cn2c1nnc2S(C)=O. The van der Waals surface area contributed by atoms with Crippen LogP contribution in [0.25, 0.3) is 17.8 Å². The van der Waals surface area contributed by atoms with Crippen LogP contribution in [0.1, 0.15) is 30.3 Å². The van der Waals surface area contributed by atoms with Crippen molar-refractivity contribution in [3.63, 3.8) is 0 Å². The topological polar surface area (TPSA) is 47.8 Å². The summed E-state index contributed by atoms with van der Waals surface area (Å²) in [5, 5.41) is 8.78. The van der Waals surface area contributed by atoms with Crippen LogP contribution in [0.5, 0.6) is 0 Å². The minimum absolute atomic E-state index is 0.478. The van der Waals surface area contributed by atoms with E-state index in [1.54, 1.807) is 6.26 Å².